The van der Waals surface area contributed by atoms with Gasteiger partial charge in [0.25, 0.3) is 5.91 Å². The highest BCUT2D eigenvalue weighted by Gasteiger charge is 2.22. The lowest BCUT2D eigenvalue weighted by atomic mass is 10.3. The van der Waals surface area contributed by atoms with Gasteiger partial charge in [-0.25, -0.2) is 0 Å². The van der Waals surface area contributed by atoms with Crippen LogP contribution < -0.4 is 10.6 Å². The van der Waals surface area contributed by atoms with Gasteiger partial charge in [0, 0.05) is 33.2 Å². The lowest BCUT2D eigenvalue weighted by Crippen LogP contribution is -2.52. The molecule has 120 valence electrons. The number of thiophene rings is 1. The van der Waals surface area contributed by atoms with Crippen LogP contribution in [0.4, 0.5) is 0 Å². The van der Waals surface area contributed by atoms with Crippen LogP contribution in [0.15, 0.2) is 17.5 Å². The topological polar surface area (TPSA) is 81.8 Å². The van der Waals surface area contributed by atoms with Gasteiger partial charge in [0.1, 0.15) is 0 Å². The molecule has 0 bridgehead atoms. The van der Waals surface area contributed by atoms with Gasteiger partial charge in [0.15, 0.2) is 0 Å². The zero-order valence-corrected chi connectivity index (χ0v) is 13.3. The minimum Gasteiger partial charge on any atom is -0.358 e. The summed E-state index contributed by atoms with van der Waals surface area (Å²) in [5.41, 5.74) is 0. The van der Waals surface area contributed by atoms with Crippen molar-refractivity contribution in [3.05, 3.63) is 22.4 Å². The van der Waals surface area contributed by atoms with Crippen molar-refractivity contribution in [3.8, 4) is 0 Å². The molecule has 8 heteroatoms. The summed E-state index contributed by atoms with van der Waals surface area (Å²) in [4.78, 5) is 39.5. The first-order chi connectivity index (χ1) is 10.6. The van der Waals surface area contributed by atoms with Crippen LogP contribution in [0.25, 0.3) is 0 Å². The predicted octanol–water partition coefficient (Wildman–Crippen LogP) is -0.632. The van der Waals surface area contributed by atoms with E-state index in [0.717, 1.165) is 0 Å². The van der Waals surface area contributed by atoms with Crippen LogP contribution in [0.3, 0.4) is 0 Å². The molecule has 1 aliphatic rings. The number of hydrogen-bond acceptors (Lipinski definition) is 5. The Morgan fingerprint density at radius 1 is 1.23 bits per heavy atom. The average Bonchev–Trinajstić information content (AvgIpc) is 3.07. The fraction of sp³-hybridized carbons (Fsp3) is 0.500. The van der Waals surface area contributed by atoms with E-state index in [1.54, 1.807) is 24.1 Å². The average molecular weight is 324 g/mol. The molecule has 3 amide bonds. The quantitative estimate of drug-likeness (QED) is 0.755. The molecular formula is C14H20N4O3S. The van der Waals surface area contributed by atoms with E-state index in [4.69, 9.17) is 0 Å². The fourth-order valence-electron chi connectivity index (χ4n) is 2.20. The molecule has 22 heavy (non-hydrogen) atoms. The normalized spacial score (nSPS) is 15.4. The van der Waals surface area contributed by atoms with Crippen molar-refractivity contribution in [1.29, 1.82) is 0 Å². The summed E-state index contributed by atoms with van der Waals surface area (Å²) in [6.45, 7) is 2.84. The molecule has 1 aromatic rings. The minimum atomic E-state index is -0.221. The van der Waals surface area contributed by atoms with E-state index < -0.39 is 0 Å². The van der Waals surface area contributed by atoms with E-state index >= 15 is 0 Å². The van der Waals surface area contributed by atoms with Crippen LogP contribution in [0.1, 0.15) is 9.67 Å². The lowest BCUT2D eigenvalue weighted by Gasteiger charge is -2.34. The molecule has 0 unspecified atom stereocenters. The Morgan fingerprint density at radius 2 is 1.95 bits per heavy atom. The Kier molecular flexibility index (Phi) is 5.91. The van der Waals surface area contributed by atoms with E-state index in [1.807, 2.05) is 10.3 Å². The second-order valence-electron chi connectivity index (χ2n) is 4.99. The van der Waals surface area contributed by atoms with Crippen LogP contribution >= 0.6 is 11.3 Å². The highest BCUT2D eigenvalue weighted by atomic mass is 32.1. The number of amides is 3. The molecule has 0 spiro atoms. The highest BCUT2D eigenvalue weighted by Crippen LogP contribution is 2.07. The van der Waals surface area contributed by atoms with Crippen molar-refractivity contribution in [2.75, 3.05) is 46.3 Å². The molecule has 0 atom stereocenters. The molecule has 1 saturated heterocycles. The van der Waals surface area contributed by atoms with Gasteiger partial charge in [-0.05, 0) is 11.4 Å². The summed E-state index contributed by atoms with van der Waals surface area (Å²) in [7, 11) is 1.61. The first-order valence-corrected chi connectivity index (χ1v) is 8.00. The number of likely N-dealkylation sites (N-methyl/N-ethyl adjacent to an activating group) is 1. The lowest BCUT2D eigenvalue weighted by molar-refractivity contribution is -0.132. The summed E-state index contributed by atoms with van der Waals surface area (Å²) >= 11 is 1.34. The Bertz CT molecular complexity index is 524. The second kappa shape index (κ2) is 7.90. The molecule has 1 aliphatic heterocycles. The maximum absolute atomic E-state index is 12.1. The molecule has 0 aromatic carbocycles. The Hall–Kier alpha value is -1.93. The van der Waals surface area contributed by atoms with E-state index in [0.29, 0.717) is 37.6 Å². The molecule has 0 saturated carbocycles. The second-order valence-corrected chi connectivity index (χ2v) is 5.94. The maximum atomic E-state index is 12.1. The third kappa shape index (κ3) is 4.54. The zero-order valence-electron chi connectivity index (χ0n) is 12.5. The van der Waals surface area contributed by atoms with Crippen LogP contribution in [0.5, 0.6) is 0 Å². The van der Waals surface area contributed by atoms with E-state index in [-0.39, 0.29) is 24.3 Å². The Morgan fingerprint density at radius 3 is 2.55 bits per heavy atom. The number of hydrogen-bond donors (Lipinski definition) is 2. The van der Waals surface area contributed by atoms with E-state index in [9.17, 15) is 14.4 Å². The third-order valence-corrected chi connectivity index (χ3v) is 4.38. The summed E-state index contributed by atoms with van der Waals surface area (Å²) in [5, 5.41) is 7.04. The van der Waals surface area contributed by atoms with E-state index in [1.165, 1.54) is 11.3 Å². The molecule has 2 rings (SSSR count). The maximum Gasteiger partial charge on any atom is 0.261 e. The first kappa shape index (κ1) is 16.4. The van der Waals surface area contributed by atoms with Gasteiger partial charge in [-0.15, -0.1) is 11.3 Å². The predicted molar refractivity (Wildman–Crippen MR) is 83.7 cm³/mol. The molecule has 1 fully saturated rings. The van der Waals surface area contributed by atoms with Crippen LogP contribution in [0, 0.1) is 0 Å². The SMILES string of the molecule is CNC(=O)CN1CCN(C(=O)CNC(=O)c2cccs2)CC1. The minimum absolute atomic E-state index is 0.00613. The number of carbonyl (C=O) groups is 3. The molecule has 1 aromatic heterocycles. The van der Waals surface area contributed by atoms with Crippen molar-refractivity contribution < 1.29 is 14.4 Å². The monoisotopic (exact) mass is 324 g/mol. The largest absolute Gasteiger partial charge is 0.358 e. The smallest absolute Gasteiger partial charge is 0.261 e. The molecular weight excluding hydrogens is 304 g/mol. The number of rotatable bonds is 5. The standard InChI is InChI=1S/C14H20N4O3S/c1-15-12(19)10-17-4-6-18(7-5-17)13(20)9-16-14(21)11-3-2-8-22-11/h2-3,8H,4-7,9-10H2,1H3,(H,15,19)(H,16,21). The number of piperazine rings is 1. The molecule has 7 nitrogen and oxygen atoms in total. The van der Waals surface area contributed by atoms with Crippen LogP contribution in [-0.4, -0.2) is 73.8 Å². The third-order valence-electron chi connectivity index (χ3n) is 3.52. The van der Waals surface area contributed by atoms with Gasteiger partial charge in [0.2, 0.25) is 11.8 Å². The summed E-state index contributed by atoms with van der Waals surface area (Å²) in [5.74, 6) is -0.339. The number of nitrogens with one attached hydrogen (secondary N) is 2. The Balaban J connectivity index is 1.71. The Labute approximate surface area is 133 Å². The summed E-state index contributed by atoms with van der Waals surface area (Å²) in [6.07, 6.45) is 0. The van der Waals surface area contributed by atoms with Gasteiger partial charge in [-0.3, -0.25) is 19.3 Å². The highest BCUT2D eigenvalue weighted by molar-refractivity contribution is 7.12. The van der Waals surface area contributed by atoms with Crippen molar-refractivity contribution in [3.63, 3.8) is 0 Å². The summed E-state index contributed by atoms with van der Waals surface area (Å²) < 4.78 is 0. The molecule has 2 heterocycles. The first-order valence-electron chi connectivity index (χ1n) is 7.12. The van der Waals surface area contributed by atoms with Crippen molar-refractivity contribution in [2.45, 2.75) is 0 Å². The van der Waals surface area contributed by atoms with Gasteiger partial charge in [0.05, 0.1) is 18.0 Å². The van der Waals surface area contributed by atoms with Crippen molar-refractivity contribution in [2.24, 2.45) is 0 Å². The molecule has 2 N–H and O–H groups in total. The molecule has 0 radical (unpaired) electrons. The van der Waals surface area contributed by atoms with E-state index in [2.05, 4.69) is 10.6 Å². The van der Waals surface area contributed by atoms with Crippen molar-refractivity contribution >= 4 is 29.1 Å². The van der Waals surface area contributed by atoms with Crippen molar-refractivity contribution in [1.82, 2.24) is 20.4 Å². The van der Waals surface area contributed by atoms with Gasteiger partial charge in [-0.2, -0.15) is 0 Å². The van der Waals surface area contributed by atoms with Gasteiger partial charge in [-0.1, -0.05) is 6.07 Å². The summed E-state index contributed by atoms with van der Waals surface area (Å²) in [6, 6.07) is 3.52. The van der Waals surface area contributed by atoms with Gasteiger partial charge >= 0.3 is 0 Å². The van der Waals surface area contributed by atoms with Crippen LogP contribution in [-0.2, 0) is 9.59 Å². The zero-order chi connectivity index (χ0) is 15.9. The number of nitrogens with zero attached hydrogens (tertiary/aromatic N) is 2. The number of carbonyl (C=O) groups excluding carboxylic acids is 3. The van der Waals surface area contributed by atoms with Crippen LogP contribution in [0.2, 0.25) is 0 Å². The molecule has 0 aliphatic carbocycles. The fourth-order valence-corrected chi connectivity index (χ4v) is 2.84. The van der Waals surface area contributed by atoms with Gasteiger partial charge < -0.3 is 15.5 Å².